The molecule has 6 heteroatoms. The molecule has 0 radical (unpaired) electrons. The number of rotatable bonds is 6. The Balaban J connectivity index is 0.960. The number of amides is 1. The molecule has 2 atom stereocenters. The Bertz CT molecular complexity index is 668. The Kier molecular flexibility index (Phi) is 5.14. The predicted molar refractivity (Wildman–Crippen MR) is 116 cm³/mol. The highest BCUT2D eigenvalue weighted by Gasteiger charge is 2.52. The summed E-state index contributed by atoms with van der Waals surface area (Å²) in [5, 5.41) is 3.54. The molecule has 31 heavy (non-hydrogen) atoms. The third kappa shape index (κ3) is 4.16. The fourth-order valence-electron chi connectivity index (χ4n) is 8.82. The zero-order chi connectivity index (χ0) is 21.2. The van der Waals surface area contributed by atoms with Gasteiger partial charge in [-0.15, -0.1) is 0 Å². The molecule has 5 aliphatic carbocycles. The minimum Gasteiger partial charge on any atom is -0.350 e. The molecule has 0 unspecified atom stereocenters. The third-order valence-electron chi connectivity index (χ3n) is 9.92. The van der Waals surface area contributed by atoms with E-state index in [4.69, 9.17) is 0 Å². The van der Waals surface area contributed by atoms with Crippen LogP contribution in [0.3, 0.4) is 0 Å². The Morgan fingerprint density at radius 1 is 0.871 bits per heavy atom. The summed E-state index contributed by atoms with van der Waals surface area (Å²) in [6, 6.07) is 1.06. The lowest BCUT2D eigenvalue weighted by Gasteiger charge is -2.57. The van der Waals surface area contributed by atoms with Crippen LogP contribution in [-0.2, 0) is 4.79 Å². The smallest absolute Gasteiger partial charge is 0.248 e. The standard InChI is InChI=1S/C25H39F2N3O/c26-25(27)4-1-17(2-5-25)3-6-29-14-22-10-21(29)15-30(22)16-23(31)28-24-11-18-7-19(12-24)9-20(8-18)13-24/h17-22H,1-16H2,(H,28,31)/t18?,19?,20?,21-,22-,24?/m0/s1. The van der Waals surface area contributed by atoms with Gasteiger partial charge >= 0.3 is 0 Å². The molecular weight excluding hydrogens is 396 g/mol. The maximum Gasteiger partial charge on any atom is 0.248 e. The lowest BCUT2D eigenvalue weighted by Crippen LogP contribution is -2.61. The van der Waals surface area contributed by atoms with E-state index in [9.17, 15) is 13.6 Å². The summed E-state index contributed by atoms with van der Waals surface area (Å²) in [5.41, 5.74) is 0.118. The second kappa shape index (κ2) is 7.65. The van der Waals surface area contributed by atoms with E-state index in [-0.39, 0.29) is 24.3 Å². The van der Waals surface area contributed by atoms with Gasteiger partial charge in [0.1, 0.15) is 0 Å². The van der Waals surface area contributed by atoms with Crippen LogP contribution in [0.1, 0.15) is 77.0 Å². The van der Waals surface area contributed by atoms with Crippen LogP contribution in [0.2, 0.25) is 0 Å². The summed E-state index contributed by atoms with van der Waals surface area (Å²) in [4.78, 5) is 18.0. The topological polar surface area (TPSA) is 35.6 Å². The number of nitrogens with one attached hydrogen (secondary N) is 1. The molecule has 2 heterocycles. The van der Waals surface area contributed by atoms with Crippen molar-refractivity contribution in [3.8, 4) is 0 Å². The van der Waals surface area contributed by atoms with Gasteiger partial charge in [0.15, 0.2) is 0 Å². The molecule has 1 amide bonds. The summed E-state index contributed by atoms with van der Waals surface area (Å²) in [5.74, 6) is 0.889. The zero-order valence-electron chi connectivity index (χ0n) is 18.8. The van der Waals surface area contributed by atoms with E-state index in [2.05, 4.69) is 15.1 Å². The van der Waals surface area contributed by atoms with Gasteiger partial charge in [-0.3, -0.25) is 14.6 Å². The number of carbonyl (C=O) groups excluding carboxylic acids is 1. The minimum absolute atomic E-state index is 0.0797. The number of likely N-dealkylation sites (tertiary alicyclic amines) is 2. The second-order valence-electron chi connectivity index (χ2n) is 12.3. The number of nitrogens with zero attached hydrogens (tertiary/aromatic N) is 2. The molecule has 0 aromatic carbocycles. The predicted octanol–water partition coefficient (Wildman–Crippen LogP) is 4.05. The fourth-order valence-corrected chi connectivity index (χ4v) is 8.82. The van der Waals surface area contributed by atoms with Crippen molar-refractivity contribution in [2.24, 2.45) is 23.7 Å². The van der Waals surface area contributed by atoms with Crippen LogP contribution >= 0.6 is 0 Å². The molecular formula is C25H39F2N3O. The van der Waals surface area contributed by atoms with Crippen LogP contribution in [0.5, 0.6) is 0 Å². The maximum atomic E-state index is 13.4. The van der Waals surface area contributed by atoms with Crippen LogP contribution in [0, 0.1) is 23.7 Å². The Morgan fingerprint density at radius 3 is 2.03 bits per heavy atom. The van der Waals surface area contributed by atoms with Crippen LogP contribution in [0.25, 0.3) is 0 Å². The second-order valence-corrected chi connectivity index (χ2v) is 12.3. The molecule has 0 spiro atoms. The molecule has 174 valence electrons. The number of hydrogen-bond donors (Lipinski definition) is 1. The Morgan fingerprint density at radius 2 is 1.45 bits per heavy atom. The summed E-state index contributed by atoms with van der Waals surface area (Å²) in [6.07, 6.45) is 11.6. The highest BCUT2D eigenvalue weighted by molar-refractivity contribution is 5.79. The monoisotopic (exact) mass is 435 g/mol. The van der Waals surface area contributed by atoms with E-state index < -0.39 is 5.92 Å². The first-order valence-corrected chi connectivity index (χ1v) is 13.0. The van der Waals surface area contributed by atoms with E-state index in [1.165, 1.54) is 44.9 Å². The van der Waals surface area contributed by atoms with Gasteiger partial charge in [0.05, 0.1) is 6.54 Å². The van der Waals surface area contributed by atoms with Gasteiger partial charge in [-0.25, -0.2) is 8.78 Å². The molecule has 7 aliphatic rings. The van der Waals surface area contributed by atoms with Gasteiger partial charge in [-0.1, -0.05) is 0 Å². The number of piperazine rings is 1. The molecule has 0 aromatic rings. The van der Waals surface area contributed by atoms with Crippen molar-refractivity contribution < 1.29 is 13.6 Å². The molecule has 5 saturated carbocycles. The van der Waals surface area contributed by atoms with Gasteiger partial charge in [0.2, 0.25) is 11.8 Å². The highest BCUT2D eigenvalue weighted by atomic mass is 19.3. The molecule has 4 nitrogen and oxygen atoms in total. The molecule has 0 aromatic heterocycles. The average molecular weight is 436 g/mol. The quantitative estimate of drug-likeness (QED) is 0.684. The lowest BCUT2D eigenvalue weighted by molar-refractivity contribution is -0.128. The van der Waals surface area contributed by atoms with E-state index in [1.54, 1.807) is 0 Å². The summed E-state index contributed by atoms with van der Waals surface area (Å²) < 4.78 is 26.8. The van der Waals surface area contributed by atoms with Gasteiger partial charge in [-0.2, -0.15) is 0 Å². The van der Waals surface area contributed by atoms with E-state index in [0.717, 1.165) is 43.8 Å². The average Bonchev–Trinajstić information content (AvgIpc) is 3.25. The van der Waals surface area contributed by atoms with Crippen molar-refractivity contribution in [3.05, 3.63) is 0 Å². The van der Waals surface area contributed by atoms with Crippen LogP contribution < -0.4 is 5.32 Å². The van der Waals surface area contributed by atoms with Crippen LogP contribution in [-0.4, -0.2) is 65.4 Å². The first kappa shape index (κ1) is 20.8. The van der Waals surface area contributed by atoms with Crippen molar-refractivity contribution in [2.75, 3.05) is 26.2 Å². The number of alkyl halides is 2. The third-order valence-corrected chi connectivity index (χ3v) is 9.92. The number of fused-ring (bicyclic) bond motifs is 2. The van der Waals surface area contributed by atoms with Crippen molar-refractivity contribution in [1.29, 1.82) is 0 Å². The van der Waals surface area contributed by atoms with E-state index in [1.807, 2.05) is 0 Å². The normalized spacial score (nSPS) is 44.3. The first-order chi connectivity index (χ1) is 14.8. The molecule has 7 rings (SSSR count). The Hall–Kier alpha value is -0.750. The summed E-state index contributed by atoms with van der Waals surface area (Å²) in [7, 11) is 0. The maximum absolute atomic E-state index is 13.4. The Labute approximate surface area is 185 Å². The van der Waals surface area contributed by atoms with Gasteiger partial charge in [0, 0.05) is 43.6 Å². The molecule has 2 aliphatic heterocycles. The van der Waals surface area contributed by atoms with Crippen molar-refractivity contribution in [3.63, 3.8) is 0 Å². The fraction of sp³-hybridized carbons (Fsp3) is 0.960. The van der Waals surface area contributed by atoms with Crippen LogP contribution in [0.4, 0.5) is 8.78 Å². The number of hydrogen-bond acceptors (Lipinski definition) is 3. The molecule has 1 N–H and O–H groups in total. The van der Waals surface area contributed by atoms with E-state index in [0.29, 0.717) is 37.4 Å². The first-order valence-electron chi connectivity index (χ1n) is 13.0. The minimum atomic E-state index is -2.42. The SMILES string of the molecule is O=C(CN1C[C@@H]2C[C@H]1CN2CCC1CCC(F)(F)CC1)NC12CC3CC(CC(C3)C1)C2. The lowest BCUT2D eigenvalue weighted by atomic mass is 9.53. The van der Waals surface area contributed by atoms with Crippen LogP contribution in [0.15, 0.2) is 0 Å². The van der Waals surface area contributed by atoms with Gasteiger partial charge < -0.3 is 5.32 Å². The summed E-state index contributed by atoms with van der Waals surface area (Å²) in [6.45, 7) is 3.67. The van der Waals surface area contributed by atoms with Crippen molar-refractivity contribution in [1.82, 2.24) is 15.1 Å². The molecule has 6 bridgehead atoms. The van der Waals surface area contributed by atoms with Crippen molar-refractivity contribution in [2.45, 2.75) is 101 Å². The highest BCUT2D eigenvalue weighted by Crippen LogP contribution is 2.55. The molecule has 2 saturated heterocycles. The van der Waals surface area contributed by atoms with E-state index >= 15 is 0 Å². The number of halogens is 2. The number of carbonyl (C=O) groups is 1. The summed E-state index contributed by atoms with van der Waals surface area (Å²) >= 11 is 0. The van der Waals surface area contributed by atoms with Gasteiger partial charge in [0.25, 0.3) is 0 Å². The van der Waals surface area contributed by atoms with Crippen molar-refractivity contribution >= 4 is 5.91 Å². The zero-order valence-corrected chi connectivity index (χ0v) is 18.8. The van der Waals surface area contributed by atoms with Gasteiger partial charge in [-0.05, 0) is 94.4 Å². The molecule has 7 fully saturated rings. The largest absolute Gasteiger partial charge is 0.350 e.